The van der Waals surface area contributed by atoms with Gasteiger partial charge < -0.3 is 9.84 Å². The van der Waals surface area contributed by atoms with Crippen molar-refractivity contribution in [2.45, 2.75) is 66.5 Å². The van der Waals surface area contributed by atoms with E-state index in [0.29, 0.717) is 0 Å². The van der Waals surface area contributed by atoms with Gasteiger partial charge in [-0.3, -0.25) is 0 Å². The van der Waals surface area contributed by atoms with Gasteiger partial charge in [-0.25, -0.2) is 8.78 Å². The fourth-order valence-corrected chi connectivity index (χ4v) is 2.07. The van der Waals surface area contributed by atoms with Crippen LogP contribution < -0.4 is 0 Å². The first-order valence-corrected chi connectivity index (χ1v) is 7.16. The van der Waals surface area contributed by atoms with Gasteiger partial charge in [-0.05, 0) is 0 Å². The van der Waals surface area contributed by atoms with E-state index in [9.17, 15) is 70.2 Å². The summed E-state index contributed by atoms with van der Waals surface area (Å²) in [7, 11) is 0. The second-order valence-corrected chi connectivity index (χ2v) is 6.10. The highest BCUT2D eigenvalue weighted by molar-refractivity contribution is 5.15. The molecule has 0 aliphatic carbocycles. The molecule has 1 fully saturated rings. The van der Waals surface area contributed by atoms with Gasteiger partial charge in [-0.15, -0.1) is 0 Å². The van der Waals surface area contributed by atoms with E-state index in [1.165, 1.54) is 0 Å². The molecule has 1 heterocycles. The lowest BCUT2D eigenvalue weighted by atomic mass is 9.88. The summed E-state index contributed by atoms with van der Waals surface area (Å²) in [5.41, 5.74) is 0. The summed E-state index contributed by atoms with van der Waals surface area (Å²) in [5.74, 6) is -54.5. The maximum absolute atomic E-state index is 13.5. The number of alkyl halides is 16. The summed E-state index contributed by atoms with van der Waals surface area (Å²) in [6.45, 7) is -1.15. The molecule has 0 amide bonds. The summed E-state index contributed by atoms with van der Waals surface area (Å²) in [4.78, 5) is 0. The van der Waals surface area contributed by atoms with E-state index >= 15 is 0 Å². The smallest absolute Gasteiger partial charge is 0.384 e. The molecule has 2 atom stereocenters. The molecule has 0 spiro atoms. The summed E-state index contributed by atoms with van der Waals surface area (Å²) in [6, 6.07) is 0. The first kappa shape index (κ1) is 26.8. The van der Waals surface area contributed by atoms with E-state index in [-0.39, 0.29) is 0 Å². The molecule has 0 aromatic rings. The van der Waals surface area contributed by atoms with Gasteiger partial charge in [0.15, 0.2) is 0 Å². The molecule has 0 radical (unpaired) electrons. The van der Waals surface area contributed by atoms with Crippen LogP contribution in [0, 0.1) is 0 Å². The molecule has 0 saturated carbocycles. The van der Waals surface area contributed by atoms with Crippen molar-refractivity contribution in [3.05, 3.63) is 0 Å². The Bertz CT molecular complexity index is 630. The van der Waals surface area contributed by atoms with Crippen molar-refractivity contribution >= 4 is 0 Å². The van der Waals surface area contributed by atoms with Crippen LogP contribution in [0.3, 0.4) is 0 Å². The van der Waals surface area contributed by atoms with Crippen molar-refractivity contribution in [2.24, 2.45) is 0 Å². The number of halogens is 16. The van der Waals surface area contributed by atoms with Gasteiger partial charge in [0.05, 0.1) is 12.7 Å². The minimum Gasteiger partial charge on any atom is -0.394 e. The van der Waals surface area contributed by atoms with E-state index < -0.39 is 73.1 Å². The van der Waals surface area contributed by atoms with Crippen LogP contribution in [0.4, 0.5) is 70.2 Å². The SMILES string of the molecule is OCC1OC1CC(F)(F)C(F)(F)C(F)(F)C(F)(F)C(F)(F)C(F)(F)C(F)(F)C(F)F. The number of rotatable bonds is 10. The van der Waals surface area contributed by atoms with Crippen molar-refractivity contribution < 1.29 is 80.1 Å². The molecule has 0 aromatic carbocycles. The van der Waals surface area contributed by atoms with Crippen molar-refractivity contribution in [1.82, 2.24) is 0 Å². The zero-order valence-electron chi connectivity index (χ0n) is 13.5. The van der Waals surface area contributed by atoms with Crippen molar-refractivity contribution in [2.75, 3.05) is 6.61 Å². The average Bonchev–Trinajstić information content (AvgIpc) is 3.30. The number of aliphatic hydroxyl groups excluding tert-OH is 1. The topological polar surface area (TPSA) is 32.8 Å². The Labute approximate surface area is 154 Å². The lowest BCUT2D eigenvalue weighted by Gasteiger charge is -2.42. The van der Waals surface area contributed by atoms with Crippen LogP contribution in [0.25, 0.3) is 0 Å². The van der Waals surface area contributed by atoms with E-state index in [4.69, 9.17) is 5.11 Å². The number of ether oxygens (including phenoxy) is 1. The zero-order chi connectivity index (χ0) is 24.4. The van der Waals surface area contributed by atoms with Crippen LogP contribution in [0.2, 0.25) is 0 Å². The van der Waals surface area contributed by atoms with Crippen LogP contribution in [0.1, 0.15) is 6.42 Å². The fourth-order valence-electron chi connectivity index (χ4n) is 2.07. The number of epoxide rings is 1. The third-order valence-corrected chi connectivity index (χ3v) is 4.05. The fraction of sp³-hybridized carbons (Fsp3) is 1.00. The monoisotopic (exact) mass is 488 g/mol. The van der Waals surface area contributed by atoms with Crippen molar-refractivity contribution in [1.29, 1.82) is 0 Å². The molecule has 0 bridgehead atoms. The molecule has 30 heavy (non-hydrogen) atoms. The quantitative estimate of drug-likeness (QED) is 0.353. The predicted molar refractivity (Wildman–Crippen MR) is 61.0 cm³/mol. The van der Waals surface area contributed by atoms with Crippen LogP contribution >= 0.6 is 0 Å². The summed E-state index contributed by atoms with van der Waals surface area (Å²) < 4.78 is 213. The average molecular weight is 488 g/mol. The Kier molecular flexibility index (Phi) is 6.41. The largest absolute Gasteiger partial charge is 0.394 e. The van der Waals surface area contributed by atoms with Gasteiger partial charge in [0.1, 0.15) is 6.10 Å². The maximum Gasteiger partial charge on any atom is 0.384 e. The van der Waals surface area contributed by atoms with Gasteiger partial charge in [0, 0.05) is 6.42 Å². The first-order chi connectivity index (χ1) is 13.0. The van der Waals surface area contributed by atoms with Crippen LogP contribution in [-0.4, -0.2) is 71.8 Å². The maximum atomic E-state index is 13.5. The zero-order valence-corrected chi connectivity index (χ0v) is 13.5. The van der Waals surface area contributed by atoms with Gasteiger partial charge >= 0.3 is 47.9 Å². The Morgan fingerprint density at radius 3 is 1.30 bits per heavy atom. The Hall–Kier alpha value is -1.20. The summed E-state index contributed by atoms with van der Waals surface area (Å²) in [5, 5.41) is 8.44. The van der Waals surface area contributed by atoms with Crippen molar-refractivity contribution in [3.8, 4) is 0 Å². The van der Waals surface area contributed by atoms with Crippen LogP contribution in [0.5, 0.6) is 0 Å². The summed E-state index contributed by atoms with van der Waals surface area (Å²) >= 11 is 0. The lowest BCUT2D eigenvalue weighted by molar-refractivity contribution is -0.447. The molecule has 180 valence electrons. The molecule has 1 aliphatic heterocycles. The molecule has 1 aliphatic rings. The Morgan fingerprint density at radius 2 is 0.967 bits per heavy atom. The van der Waals surface area contributed by atoms with E-state index in [2.05, 4.69) is 4.74 Å². The lowest BCUT2D eigenvalue weighted by Crippen LogP contribution is -2.73. The predicted octanol–water partition coefficient (Wildman–Crippen LogP) is 4.85. The molecule has 1 N–H and O–H groups in total. The second kappa shape index (κ2) is 7.16. The number of aliphatic hydroxyl groups is 1. The number of hydrogen-bond donors (Lipinski definition) is 1. The molecule has 0 aromatic heterocycles. The molecule has 2 unspecified atom stereocenters. The molecular weight excluding hydrogens is 480 g/mol. The highest BCUT2D eigenvalue weighted by Gasteiger charge is 2.93. The molecular formula is C12H8F16O2. The Morgan fingerprint density at radius 1 is 0.600 bits per heavy atom. The normalized spacial score (nSPS) is 22.6. The minimum absolute atomic E-state index is 1.15. The summed E-state index contributed by atoms with van der Waals surface area (Å²) in [6.07, 6.45) is -12.3. The van der Waals surface area contributed by atoms with E-state index in [0.717, 1.165) is 0 Å². The highest BCUT2D eigenvalue weighted by Crippen LogP contribution is 2.63. The second-order valence-electron chi connectivity index (χ2n) is 6.10. The molecule has 2 nitrogen and oxygen atoms in total. The highest BCUT2D eigenvalue weighted by atomic mass is 19.4. The van der Waals surface area contributed by atoms with Crippen LogP contribution in [0.15, 0.2) is 0 Å². The molecule has 1 saturated heterocycles. The number of hydrogen-bond acceptors (Lipinski definition) is 2. The van der Waals surface area contributed by atoms with E-state index in [1.54, 1.807) is 0 Å². The molecule has 18 heteroatoms. The Balaban J connectivity index is 3.43. The van der Waals surface area contributed by atoms with Gasteiger partial charge in [-0.2, -0.15) is 61.5 Å². The molecule has 1 rings (SSSR count). The third kappa shape index (κ3) is 3.46. The third-order valence-electron chi connectivity index (χ3n) is 4.05. The van der Waals surface area contributed by atoms with Gasteiger partial charge in [-0.1, -0.05) is 0 Å². The van der Waals surface area contributed by atoms with Gasteiger partial charge in [0.2, 0.25) is 0 Å². The minimum atomic E-state index is -8.39. The first-order valence-electron chi connectivity index (χ1n) is 7.16. The van der Waals surface area contributed by atoms with Crippen molar-refractivity contribution in [3.63, 3.8) is 0 Å². The van der Waals surface area contributed by atoms with E-state index in [1.807, 2.05) is 0 Å². The van der Waals surface area contributed by atoms with Crippen LogP contribution in [-0.2, 0) is 4.74 Å². The van der Waals surface area contributed by atoms with Gasteiger partial charge in [0.25, 0.3) is 0 Å². The standard InChI is InChI=1S/C12H8F16O2/c13-5(14)7(17,18)9(21,22)11(25,26)12(27,28)10(23,24)8(19,20)6(15,16)1-3-4(2-29)30-3/h3-5,29H,1-2H2.